The van der Waals surface area contributed by atoms with Gasteiger partial charge in [0, 0.05) is 39.4 Å². The maximum Gasteiger partial charge on any atom is 0.339 e. The predicted octanol–water partition coefficient (Wildman–Crippen LogP) is 5.35. The molecule has 162 valence electrons. The first-order valence-electron chi connectivity index (χ1n) is 9.18. The third-order valence-electron chi connectivity index (χ3n) is 4.68. The zero-order valence-corrected chi connectivity index (χ0v) is 18.1. The molecule has 0 aliphatic carbocycles. The van der Waals surface area contributed by atoms with Gasteiger partial charge in [-0.1, -0.05) is 46.3 Å². The van der Waals surface area contributed by atoms with Crippen LogP contribution in [-0.2, 0) is 4.74 Å². The van der Waals surface area contributed by atoms with Gasteiger partial charge in [0.1, 0.15) is 0 Å². The fraction of sp³-hybridized carbons (Fsp3) is 0.0909. The third kappa shape index (κ3) is 4.86. The maximum atomic E-state index is 13.1. The van der Waals surface area contributed by atoms with E-state index in [0.29, 0.717) is 10.0 Å². The van der Waals surface area contributed by atoms with E-state index < -0.39 is 27.7 Å². The number of hydrogen-bond donors (Lipinski definition) is 0. The van der Waals surface area contributed by atoms with Crippen molar-refractivity contribution >= 4 is 39.1 Å². The number of halogens is 1. The van der Waals surface area contributed by atoms with E-state index in [2.05, 4.69) is 15.9 Å². The van der Waals surface area contributed by atoms with Crippen molar-refractivity contribution in [3.63, 3.8) is 0 Å². The van der Waals surface area contributed by atoms with Crippen molar-refractivity contribution in [2.24, 2.45) is 0 Å². The molecule has 0 fully saturated rings. The van der Waals surface area contributed by atoms with Gasteiger partial charge in [0.2, 0.25) is 5.78 Å². The van der Waals surface area contributed by atoms with Gasteiger partial charge < -0.3 is 4.74 Å². The van der Waals surface area contributed by atoms with Gasteiger partial charge in [0.15, 0.2) is 6.10 Å². The zero-order valence-electron chi connectivity index (χ0n) is 16.6. The van der Waals surface area contributed by atoms with Crippen LogP contribution in [-0.4, -0.2) is 21.6 Å². The molecule has 0 radical (unpaired) electrons. The number of benzene rings is 3. The van der Waals surface area contributed by atoms with E-state index in [4.69, 9.17) is 4.74 Å². The van der Waals surface area contributed by atoms with E-state index in [0.717, 1.165) is 6.07 Å². The van der Waals surface area contributed by atoms with Gasteiger partial charge in [-0.25, -0.2) is 4.79 Å². The second-order valence-corrected chi connectivity index (χ2v) is 7.58. The highest BCUT2D eigenvalue weighted by Crippen LogP contribution is 2.30. The van der Waals surface area contributed by atoms with Gasteiger partial charge in [0.25, 0.3) is 11.4 Å². The van der Waals surface area contributed by atoms with Crippen LogP contribution in [0.15, 0.2) is 71.2 Å². The summed E-state index contributed by atoms with van der Waals surface area (Å²) in [5.74, 6) is -1.50. The number of nitro benzene ring substituents is 2. The highest BCUT2D eigenvalue weighted by Gasteiger charge is 2.28. The third-order valence-corrected chi connectivity index (χ3v) is 5.50. The lowest BCUT2D eigenvalue weighted by molar-refractivity contribution is -0.385. The number of nitrogens with zero attached hydrogens (tertiary/aromatic N) is 2. The van der Waals surface area contributed by atoms with Gasteiger partial charge >= 0.3 is 5.97 Å². The maximum absolute atomic E-state index is 13.1. The Balaban J connectivity index is 2.00. The quantitative estimate of drug-likeness (QED) is 0.185. The fourth-order valence-electron chi connectivity index (χ4n) is 2.94. The highest BCUT2D eigenvalue weighted by molar-refractivity contribution is 9.10. The Kier molecular flexibility index (Phi) is 6.74. The molecule has 0 aromatic heterocycles. The van der Waals surface area contributed by atoms with Crippen molar-refractivity contribution < 1.29 is 24.2 Å². The first-order valence-corrected chi connectivity index (χ1v) is 9.97. The molecule has 0 unspecified atom stereocenters. The molecular formula is C22H15BrN2O7. The highest BCUT2D eigenvalue weighted by atomic mass is 79.9. The van der Waals surface area contributed by atoms with Gasteiger partial charge in [-0.05, 0) is 25.1 Å². The fourth-order valence-corrected chi connectivity index (χ4v) is 3.39. The predicted molar refractivity (Wildman–Crippen MR) is 118 cm³/mol. The second kappa shape index (κ2) is 9.48. The summed E-state index contributed by atoms with van der Waals surface area (Å²) in [7, 11) is 0. The van der Waals surface area contributed by atoms with Gasteiger partial charge in [-0.15, -0.1) is 0 Å². The van der Waals surface area contributed by atoms with Crippen LogP contribution in [0.25, 0.3) is 0 Å². The molecule has 9 nitrogen and oxygen atoms in total. The minimum absolute atomic E-state index is 0.123. The summed E-state index contributed by atoms with van der Waals surface area (Å²) in [5, 5.41) is 22.2. The van der Waals surface area contributed by atoms with Gasteiger partial charge in [-0.2, -0.15) is 0 Å². The molecule has 0 saturated heterocycles. The summed E-state index contributed by atoms with van der Waals surface area (Å²) in [6.45, 7) is 1.52. The van der Waals surface area contributed by atoms with Crippen LogP contribution >= 0.6 is 15.9 Å². The molecule has 0 aliphatic heterocycles. The Morgan fingerprint density at radius 1 is 0.906 bits per heavy atom. The Bertz CT molecular complexity index is 1210. The van der Waals surface area contributed by atoms with Crippen molar-refractivity contribution in [2.75, 3.05) is 0 Å². The number of ketones is 1. The van der Waals surface area contributed by atoms with Crippen molar-refractivity contribution in [1.82, 2.24) is 0 Å². The molecule has 0 heterocycles. The molecule has 0 spiro atoms. The Hall–Kier alpha value is -3.92. The first kappa shape index (κ1) is 22.8. The lowest BCUT2D eigenvalue weighted by Crippen LogP contribution is -2.20. The molecule has 3 rings (SSSR count). The smallest absolute Gasteiger partial charge is 0.339 e. The van der Waals surface area contributed by atoms with Crippen LogP contribution in [0.2, 0.25) is 0 Å². The summed E-state index contributed by atoms with van der Waals surface area (Å²) in [5.41, 5.74) is 0.218. The second-order valence-electron chi connectivity index (χ2n) is 6.72. The molecule has 1 atom stereocenters. The van der Waals surface area contributed by atoms with Crippen molar-refractivity contribution in [3.05, 3.63) is 114 Å². The normalized spacial score (nSPS) is 11.4. The number of Topliss-reactive ketones (excluding diaryl/α,β-unsaturated/α-hetero) is 1. The summed E-state index contributed by atoms with van der Waals surface area (Å²) in [6, 6.07) is 15.6. The first-order chi connectivity index (χ1) is 15.2. The van der Waals surface area contributed by atoms with Crippen LogP contribution in [0, 0.1) is 27.2 Å². The molecule has 0 saturated carbocycles. The van der Waals surface area contributed by atoms with Crippen molar-refractivity contribution in [3.8, 4) is 0 Å². The Morgan fingerprint density at radius 2 is 1.53 bits per heavy atom. The van der Waals surface area contributed by atoms with Crippen LogP contribution in [0.1, 0.15) is 37.9 Å². The zero-order chi connectivity index (χ0) is 23.4. The number of rotatable bonds is 7. The molecular weight excluding hydrogens is 484 g/mol. The SMILES string of the molecule is Cc1c(Br)cc(C(=O)O[C@@H](C(=O)c2ccccc2)c2ccc([N+](=O)[O-])cc2)cc1[N+](=O)[O-]. The molecule has 0 aliphatic rings. The van der Waals surface area contributed by atoms with E-state index in [1.54, 1.807) is 30.3 Å². The largest absolute Gasteiger partial charge is 0.445 e. The summed E-state index contributed by atoms with van der Waals surface area (Å²) in [4.78, 5) is 47.0. The number of ether oxygens (including phenoxy) is 1. The van der Waals surface area contributed by atoms with Crippen LogP contribution in [0.5, 0.6) is 0 Å². The molecule has 10 heteroatoms. The van der Waals surface area contributed by atoms with E-state index >= 15 is 0 Å². The lowest BCUT2D eigenvalue weighted by atomic mass is 9.99. The van der Waals surface area contributed by atoms with Gasteiger partial charge in [-0.3, -0.25) is 25.0 Å². The van der Waals surface area contributed by atoms with E-state index in [-0.39, 0.29) is 28.1 Å². The Morgan fingerprint density at radius 3 is 2.09 bits per heavy atom. The summed E-state index contributed by atoms with van der Waals surface area (Å²) < 4.78 is 5.80. The van der Waals surface area contributed by atoms with Crippen molar-refractivity contribution in [2.45, 2.75) is 13.0 Å². The lowest BCUT2D eigenvalue weighted by Gasteiger charge is -2.18. The van der Waals surface area contributed by atoms with Gasteiger partial charge in [0.05, 0.1) is 15.4 Å². The van der Waals surface area contributed by atoms with E-state index in [1.165, 1.54) is 37.3 Å². The summed E-state index contributed by atoms with van der Waals surface area (Å²) in [6.07, 6.45) is -1.41. The topological polar surface area (TPSA) is 130 Å². The standard InChI is InChI=1S/C22H15BrN2O7/c1-13-18(23)11-16(12-19(13)25(30)31)22(27)32-21(20(26)14-5-3-2-4-6-14)15-7-9-17(10-8-15)24(28)29/h2-12,21H,1H3/t21-/m1/s1. The number of carbonyl (C=O) groups excluding carboxylic acids is 2. The minimum Gasteiger partial charge on any atom is -0.445 e. The minimum atomic E-state index is -1.41. The van der Waals surface area contributed by atoms with Crippen LogP contribution in [0.3, 0.4) is 0 Å². The molecule has 3 aromatic rings. The van der Waals surface area contributed by atoms with E-state index in [9.17, 15) is 29.8 Å². The number of esters is 1. The van der Waals surface area contributed by atoms with E-state index in [1.807, 2.05) is 0 Å². The summed E-state index contributed by atoms with van der Waals surface area (Å²) >= 11 is 3.19. The molecule has 0 bridgehead atoms. The molecule has 32 heavy (non-hydrogen) atoms. The number of carbonyl (C=O) groups is 2. The monoisotopic (exact) mass is 498 g/mol. The average molecular weight is 499 g/mol. The molecule has 0 N–H and O–H groups in total. The number of non-ortho nitro benzene ring substituents is 1. The van der Waals surface area contributed by atoms with Crippen molar-refractivity contribution in [1.29, 1.82) is 0 Å². The number of nitro groups is 2. The average Bonchev–Trinajstić information content (AvgIpc) is 2.79. The van der Waals surface area contributed by atoms with Crippen LogP contribution < -0.4 is 0 Å². The molecule has 0 amide bonds. The molecule has 3 aromatic carbocycles. The Labute approximate surface area is 190 Å². The van der Waals surface area contributed by atoms with Crippen LogP contribution in [0.4, 0.5) is 11.4 Å². The number of hydrogen-bond acceptors (Lipinski definition) is 7.